The molecule has 0 spiro atoms. The van der Waals surface area contributed by atoms with Crippen molar-refractivity contribution in [1.82, 2.24) is 10.3 Å². The second-order valence-corrected chi connectivity index (χ2v) is 5.84. The number of hydrogen-bond acceptors (Lipinski definition) is 4. The minimum Gasteiger partial charge on any atom is -0.488 e. The molecule has 1 saturated heterocycles. The van der Waals surface area contributed by atoms with E-state index in [0.29, 0.717) is 35.5 Å². The van der Waals surface area contributed by atoms with Crippen LogP contribution in [0, 0.1) is 18.7 Å². The molecule has 2 heterocycles. The van der Waals surface area contributed by atoms with E-state index in [0.717, 1.165) is 13.1 Å². The van der Waals surface area contributed by atoms with Crippen LogP contribution in [0.2, 0.25) is 0 Å². The number of pyridine rings is 1. The van der Waals surface area contributed by atoms with Crippen LogP contribution in [0.15, 0.2) is 36.5 Å². The highest BCUT2D eigenvalue weighted by molar-refractivity contribution is 5.38. The summed E-state index contributed by atoms with van der Waals surface area (Å²) < 4.78 is 25.0. The third-order valence-corrected chi connectivity index (χ3v) is 3.95. The first kappa shape index (κ1) is 15.7. The molecule has 2 aromatic rings. The van der Waals surface area contributed by atoms with Gasteiger partial charge >= 0.3 is 0 Å². The van der Waals surface area contributed by atoms with Crippen LogP contribution in [0.1, 0.15) is 18.4 Å². The fraction of sp³-hybridized carbons (Fsp3) is 0.389. The van der Waals surface area contributed by atoms with Crippen LogP contribution in [0.25, 0.3) is 0 Å². The van der Waals surface area contributed by atoms with Crippen molar-refractivity contribution in [2.75, 3.05) is 19.7 Å². The van der Waals surface area contributed by atoms with E-state index in [1.165, 1.54) is 18.9 Å². The molecule has 0 aliphatic carbocycles. The summed E-state index contributed by atoms with van der Waals surface area (Å²) in [5.74, 6) is 1.82. The number of rotatable bonds is 5. The second-order valence-electron chi connectivity index (χ2n) is 5.84. The number of piperidine rings is 1. The molecule has 3 rings (SSSR count). The van der Waals surface area contributed by atoms with Crippen LogP contribution in [-0.2, 0) is 0 Å². The van der Waals surface area contributed by atoms with Crippen molar-refractivity contribution in [3.05, 3.63) is 47.9 Å². The molecule has 1 N–H and O–H groups in total. The number of aromatic nitrogens is 1. The van der Waals surface area contributed by atoms with Gasteiger partial charge in [-0.15, -0.1) is 0 Å². The number of nitrogens with one attached hydrogen (secondary N) is 1. The molecule has 1 aromatic carbocycles. The monoisotopic (exact) mass is 316 g/mol. The highest BCUT2D eigenvalue weighted by Crippen LogP contribution is 2.30. The van der Waals surface area contributed by atoms with E-state index < -0.39 is 0 Å². The first-order valence-electron chi connectivity index (χ1n) is 7.95. The van der Waals surface area contributed by atoms with E-state index in [2.05, 4.69) is 10.3 Å². The Hall–Kier alpha value is -2.14. The predicted octanol–water partition coefficient (Wildman–Crippen LogP) is 3.70. The maximum atomic E-state index is 13.3. The third-order valence-electron chi connectivity index (χ3n) is 3.95. The number of benzene rings is 1. The largest absolute Gasteiger partial charge is 0.488 e. The van der Waals surface area contributed by atoms with Crippen LogP contribution >= 0.6 is 0 Å². The summed E-state index contributed by atoms with van der Waals surface area (Å²) in [4.78, 5) is 4.23. The summed E-state index contributed by atoms with van der Waals surface area (Å²) in [5.41, 5.74) is 0.536. The first-order chi connectivity index (χ1) is 11.2. The minimum absolute atomic E-state index is 0.250. The standard InChI is InChI=1S/C18H21FN2O2/c1-13-10-15(6-7-16(13)19)23-18-17(5-3-9-21-18)22-12-14-4-2-8-20-11-14/h3,5-7,9-10,14,20H,2,4,8,11-12H2,1H3/t14-/m0/s1. The molecular formula is C18H21FN2O2. The molecule has 1 aliphatic heterocycles. The summed E-state index contributed by atoms with van der Waals surface area (Å²) >= 11 is 0. The van der Waals surface area contributed by atoms with Gasteiger partial charge in [0.1, 0.15) is 11.6 Å². The van der Waals surface area contributed by atoms with Crippen LogP contribution < -0.4 is 14.8 Å². The molecule has 1 aromatic heterocycles. The molecule has 0 radical (unpaired) electrons. The Morgan fingerprint density at radius 1 is 1.35 bits per heavy atom. The van der Waals surface area contributed by atoms with E-state index in [9.17, 15) is 4.39 Å². The van der Waals surface area contributed by atoms with E-state index >= 15 is 0 Å². The lowest BCUT2D eigenvalue weighted by molar-refractivity contribution is 0.212. The molecule has 1 atom stereocenters. The fourth-order valence-electron chi connectivity index (χ4n) is 2.63. The lowest BCUT2D eigenvalue weighted by atomic mass is 10.0. The van der Waals surface area contributed by atoms with Gasteiger partial charge in [-0.3, -0.25) is 0 Å². The van der Waals surface area contributed by atoms with Crippen molar-refractivity contribution < 1.29 is 13.9 Å². The Morgan fingerprint density at radius 2 is 2.26 bits per heavy atom. The van der Waals surface area contributed by atoms with E-state index in [4.69, 9.17) is 9.47 Å². The number of nitrogens with zero attached hydrogens (tertiary/aromatic N) is 1. The van der Waals surface area contributed by atoms with Gasteiger partial charge < -0.3 is 14.8 Å². The highest BCUT2D eigenvalue weighted by Gasteiger charge is 2.15. The van der Waals surface area contributed by atoms with Crippen molar-refractivity contribution in [2.45, 2.75) is 19.8 Å². The predicted molar refractivity (Wildman–Crippen MR) is 86.5 cm³/mol. The zero-order valence-corrected chi connectivity index (χ0v) is 13.2. The molecule has 0 bridgehead atoms. The van der Waals surface area contributed by atoms with Crippen molar-refractivity contribution >= 4 is 0 Å². The lowest BCUT2D eigenvalue weighted by Crippen LogP contribution is -2.33. The van der Waals surface area contributed by atoms with Gasteiger partial charge in [0.15, 0.2) is 5.75 Å². The van der Waals surface area contributed by atoms with Crippen molar-refractivity contribution in [3.63, 3.8) is 0 Å². The van der Waals surface area contributed by atoms with Crippen molar-refractivity contribution in [2.24, 2.45) is 5.92 Å². The maximum absolute atomic E-state index is 13.3. The number of aryl methyl sites for hydroxylation is 1. The topological polar surface area (TPSA) is 43.4 Å². The Bertz CT molecular complexity index is 657. The minimum atomic E-state index is -0.250. The SMILES string of the molecule is Cc1cc(Oc2ncccc2OC[C@H]2CCCNC2)ccc1F. The molecule has 0 saturated carbocycles. The normalized spacial score (nSPS) is 17.7. The van der Waals surface area contributed by atoms with E-state index in [-0.39, 0.29) is 5.82 Å². The Labute approximate surface area is 135 Å². The smallest absolute Gasteiger partial charge is 0.262 e. The first-order valence-corrected chi connectivity index (χ1v) is 7.95. The summed E-state index contributed by atoms with van der Waals surface area (Å²) in [6, 6.07) is 8.29. The number of halogens is 1. The molecule has 5 heteroatoms. The molecule has 4 nitrogen and oxygen atoms in total. The molecule has 23 heavy (non-hydrogen) atoms. The number of ether oxygens (including phenoxy) is 2. The summed E-state index contributed by atoms with van der Waals surface area (Å²) in [6.45, 7) is 4.40. The molecule has 1 aliphatic rings. The van der Waals surface area contributed by atoms with Gasteiger partial charge in [0, 0.05) is 18.7 Å². The van der Waals surface area contributed by atoms with Crippen LogP contribution in [-0.4, -0.2) is 24.7 Å². The van der Waals surface area contributed by atoms with Crippen LogP contribution in [0.3, 0.4) is 0 Å². The maximum Gasteiger partial charge on any atom is 0.262 e. The Balaban J connectivity index is 1.68. The Morgan fingerprint density at radius 3 is 3.04 bits per heavy atom. The van der Waals surface area contributed by atoms with Gasteiger partial charge in [-0.2, -0.15) is 0 Å². The quantitative estimate of drug-likeness (QED) is 0.913. The van der Waals surface area contributed by atoms with E-state index in [1.54, 1.807) is 25.3 Å². The van der Waals surface area contributed by atoms with Crippen molar-refractivity contribution in [3.8, 4) is 17.4 Å². The summed E-state index contributed by atoms with van der Waals surface area (Å²) in [5, 5.41) is 3.37. The van der Waals surface area contributed by atoms with Gasteiger partial charge in [0.25, 0.3) is 5.88 Å². The average Bonchev–Trinajstić information content (AvgIpc) is 2.58. The zero-order valence-electron chi connectivity index (χ0n) is 13.2. The molecule has 0 amide bonds. The van der Waals surface area contributed by atoms with Crippen LogP contribution in [0.4, 0.5) is 4.39 Å². The second kappa shape index (κ2) is 7.42. The van der Waals surface area contributed by atoms with Gasteiger partial charge in [0.2, 0.25) is 0 Å². The Kier molecular flexibility index (Phi) is 5.08. The molecule has 0 unspecified atom stereocenters. The average molecular weight is 316 g/mol. The third kappa shape index (κ3) is 4.20. The highest BCUT2D eigenvalue weighted by atomic mass is 19.1. The van der Waals surface area contributed by atoms with Gasteiger partial charge in [0.05, 0.1) is 6.61 Å². The molecule has 1 fully saturated rings. The lowest BCUT2D eigenvalue weighted by Gasteiger charge is -2.23. The van der Waals surface area contributed by atoms with Crippen molar-refractivity contribution in [1.29, 1.82) is 0 Å². The fourth-order valence-corrected chi connectivity index (χ4v) is 2.63. The van der Waals surface area contributed by atoms with Gasteiger partial charge in [-0.1, -0.05) is 0 Å². The van der Waals surface area contributed by atoms with Gasteiger partial charge in [-0.25, -0.2) is 9.37 Å². The molecular weight excluding hydrogens is 295 g/mol. The molecule has 122 valence electrons. The van der Waals surface area contributed by atoms with E-state index in [1.807, 2.05) is 12.1 Å². The summed E-state index contributed by atoms with van der Waals surface area (Å²) in [6.07, 6.45) is 4.00. The zero-order chi connectivity index (χ0) is 16.1. The summed E-state index contributed by atoms with van der Waals surface area (Å²) in [7, 11) is 0. The van der Waals surface area contributed by atoms with Gasteiger partial charge in [-0.05, 0) is 62.2 Å². The number of hydrogen-bond donors (Lipinski definition) is 1. The van der Waals surface area contributed by atoms with Crippen LogP contribution in [0.5, 0.6) is 17.4 Å².